The maximum atomic E-state index is 12.8. The molecule has 0 radical (unpaired) electrons. The third-order valence-corrected chi connectivity index (χ3v) is 6.09. The number of hydrogen-bond donors (Lipinski definition) is 1. The monoisotopic (exact) mass is 395 g/mol. The molecule has 0 bridgehead atoms. The Morgan fingerprint density at radius 1 is 1.33 bits per heavy atom. The zero-order valence-electron chi connectivity index (χ0n) is 15.3. The predicted molar refractivity (Wildman–Crippen MR) is 98.3 cm³/mol. The molecule has 148 valence electrons. The summed E-state index contributed by atoms with van der Waals surface area (Å²) in [5.74, 6) is -0.850. The van der Waals surface area contributed by atoms with Crippen molar-refractivity contribution in [2.45, 2.75) is 25.5 Å². The SMILES string of the molecule is CS(=O)(=O)CCC(=O)N1C[C@H]2OCC[C@H]2[C@H](C(=O)NCc2ccccn2)C1. The van der Waals surface area contributed by atoms with Crippen molar-refractivity contribution in [3.63, 3.8) is 0 Å². The van der Waals surface area contributed by atoms with E-state index in [1.807, 2.05) is 18.2 Å². The Morgan fingerprint density at radius 2 is 2.15 bits per heavy atom. The van der Waals surface area contributed by atoms with E-state index < -0.39 is 9.84 Å². The number of nitrogens with zero attached hydrogens (tertiary/aromatic N) is 2. The van der Waals surface area contributed by atoms with Crippen LogP contribution in [-0.4, -0.2) is 67.9 Å². The average Bonchev–Trinajstić information content (AvgIpc) is 3.12. The molecule has 1 aromatic heterocycles. The summed E-state index contributed by atoms with van der Waals surface area (Å²) in [5, 5.41) is 2.91. The van der Waals surface area contributed by atoms with Gasteiger partial charge in [-0.05, 0) is 18.6 Å². The van der Waals surface area contributed by atoms with Crippen molar-refractivity contribution in [1.82, 2.24) is 15.2 Å². The fourth-order valence-corrected chi connectivity index (χ4v) is 4.25. The number of piperidine rings is 1. The molecule has 0 unspecified atom stereocenters. The van der Waals surface area contributed by atoms with Gasteiger partial charge in [0, 0.05) is 44.5 Å². The molecule has 3 atom stereocenters. The van der Waals surface area contributed by atoms with Gasteiger partial charge in [0.25, 0.3) is 0 Å². The highest BCUT2D eigenvalue weighted by molar-refractivity contribution is 7.90. The molecule has 1 N–H and O–H groups in total. The Labute approximate surface area is 159 Å². The van der Waals surface area contributed by atoms with E-state index in [1.54, 1.807) is 11.1 Å². The van der Waals surface area contributed by atoms with E-state index in [-0.39, 0.29) is 41.9 Å². The van der Waals surface area contributed by atoms with Crippen molar-refractivity contribution in [3.05, 3.63) is 30.1 Å². The number of aromatic nitrogens is 1. The highest BCUT2D eigenvalue weighted by atomic mass is 32.2. The minimum atomic E-state index is -3.21. The molecule has 8 nitrogen and oxygen atoms in total. The maximum Gasteiger partial charge on any atom is 0.225 e. The van der Waals surface area contributed by atoms with Gasteiger partial charge in [-0.25, -0.2) is 8.42 Å². The van der Waals surface area contributed by atoms with E-state index >= 15 is 0 Å². The van der Waals surface area contributed by atoms with Gasteiger partial charge in [-0.1, -0.05) is 6.07 Å². The summed E-state index contributed by atoms with van der Waals surface area (Å²) >= 11 is 0. The highest BCUT2D eigenvalue weighted by Crippen LogP contribution is 2.34. The molecule has 2 aliphatic heterocycles. The fraction of sp³-hybridized carbons (Fsp3) is 0.611. The quantitative estimate of drug-likeness (QED) is 0.727. The summed E-state index contributed by atoms with van der Waals surface area (Å²) in [5.41, 5.74) is 0.766. The third kappa shape index (κ3) is 5.26. The van der Waals surface area contributed by atoms with Crippen LogP contribution >= 0.6 is 0 Å². The van der Waals surface area contributed by atoms with Crippen molar-refractivity contribution in [2.75, 3.05) is 31.7 Å². The number of amides is 2. The lowest BCUT2D eigenvalue weighted by molar-refractivity contribution is -0.141. The minimum absolute atomic E-state index is 0.0709. The number of rotatable bonds is 6. The Kier molecular flexibility index (Phi) is 6.11. The number of sulfone groups is 1. The minimum Gasteiger partial charge on any atom is -0.376 e. The lowest BCUT2D eigenvalue weighted by Crippen LogP contribution is -2.54. The van der Waals surface area contributed by atoms with Crippen molar-refractivity contribution >= 4 is 21.7 Å². The van der Waals surface area contributed by atoms with Gasteiger partial charge in [-0.3, -0.25) is 14.6 Å². The van der Waals surface area contributed by atoms with Gasteiger partial charge in [0.15, 0.2) is 0 Å². The number of likely N-dealkylation sites (tertiary alicyclic amines) is 1. The first-order chi connectivity index (χ1) is 12.8. The first-order valence-corrected chi connectivity index (χ1v) is 11.1. The van der Waals surface area contributed by atoms with Crippen molar-refractivity contribution < 1.29 is 22.7 Å². The molecular formula is C18H25N3O5S. The van der Waals surface area contributed by atoms with Crippen LogP contribution in [0.1, 0.15) is 18.5 Å². The normalized spacial score (nSPS) is 25.1. The molecule has 0 aliphatic carbocycles. The summed E-state index contributed by atoms with van der Waals surface area (Å²) in [4.78, 5) is 31.0. The van der Waals surface area contributed by atoms with E-state index in [0.29, 0.717) is 26.2 Å². The van der Waals surface area contributed by atoms with Crippen LogP contribution in [0.25, 0.3) is 0 Å². The summed E-state index contributed by atoms with van der Waals surface area (Å²) in [6.45, 7) is 1.61. The second-order valence-corrected chi connectivity index (χ2v) is 9.45. The van der Waals surface area contributed by atoms with Gasteiger partial charge in [-0.15, -0.1) is 0 Å². The van der Waals surface area contributed by atoms with Gasteiger partial charge >= 0.3 is 0 Å². The number of carbonyl (C=O) groups excluding carboxylic acids is 2. The highest BCUT2D eigenvalue weighted by Gasteiger charge is 2.45. The fourth-order valence-electron chi connectivity index (χ4n) is 3.70. The second kappa shape index (κ2) is 8.35. The van der Waals surface area contributed by atoms with E-state index in [9.17, 15) is 18.0 Å². The van der Waals surface area contributed by atoms with Crippen molar-refractivity contribution in [1.29, 1.82) is 0 Å². The number of fused-ring (bicyclic) bond motifs is 1. The molecular weight excluding hydrogens is 370 g/mol. The van der Waals surface area contributed by atoms with Gasteiger partial charge in [0.05, 0.1) is 30.0 Å². The zero-order valence-corrected chi connectivity index (χ0v) is 16.2. The summed E-state index contributed by atoms with van der Waals surface area (Å²) < 4.78 is 28.4. The van der Waals surface area contributed by atoms with Crippen LogP contribution in [0.4, 0.5) is 0 Å². The van der Waals surface area contributed by atoms with Crippen LogP contribution < -0.4 is 5.32 Å². The summed E-state index contributed by atoms with van der Waals surface area (Å²) in [6, 6.07) is 5.51. The largest absolute Gasteiger partial charge is 0.376 e. The van der Waals surface area contributed by atoms with Crippen molar-refractivity contribution in [3.8, 4) is 0 Å². The number of ether oxygens (including phenoxy) is 1. The number of nitrogens with one attached hydrogen (secondary N) is 1. The lowest BCUT2D eigenvalue weighted by Gasteiger charge is -2.39. The molecule has 0 saturated carbocycles. The first kappa shape index (κ1) is 19.8. The molecule has 2 fully saturated rings. The Morgan fingerprint density at radius 3 is 2.85 bits per heavy atom. The molecule has 2 saturated heterocycles. The van der Waals surface area contributed by atoms with Crippen LogP contribution in [0.5, 0.6) is 0 Å². The molecule has 2 amide bonds. The van der Waals surface area contributed by atoms with Gasteiger partial charge < -0.3 is 15.0 Å². The van der Waals surface area contributed by atoms with Crippen LogP contribution in [0.2, 0.25) is 0 Å². The molecule has 0 spiro atoms. The summed E-state index contributed by atoms with van der Waals surface area (Å²) in [6.07, 6.45) is 3.33. The second-order valence-electron chi connectivity index (χ2n) is 7.19. The topological polar surface area (TPSA) is 106 Å². The van der Waals surface area contributed by atoms with Gasteiger partial charge in [0.1, 0.15) is 9.84 Å². The smallest absolute Gasteiger partial charge is 0.225 e. The molecule has 1 aromatic rings. The first-order valence-electron chi connectivity index (χ1n) is 9.08. The van der Waals surface area contributed by atoms with E-state index in [0.717, 1.165) is 18.4 Å². The van der Waals surface area contributed by atoms with Crippen LogP contribution in [0, 0.1) is 11.8 Å². The molecule has 9 heteroatoms. The van der Waals surface area contributed by atoms with Crippen LogP contribution in [0.15, 0.2) is 24.4 Å². The molecule has 3 rings (SSSR count). The number of pyridine rings is 1. The van der Waals surface area contributed by atoms with Crippen LogP contribution in [0.3, 0.4) is 0 Å². The number of hydrogen-bond acceptors (Lipinski definition) is 6. The number of carbonyl (C=O) groups is 2. The molecule has 3 heterocycles. The predicted octanol–water partition coefficient (Wildman–Crippen LogP) is -0.00400. The van der Waals surface area contributed by atoms with Crippen molar-refractivity contribution in [2.24, 2.45) is 11.8 Å². The third-order valence-electron chi connectivity index (χ3n) is 5.14. The Balaban J connectivity index is 1.63. The Hall–Kier alpha value is -2.00. The Bertz CT molecular complexity index is 783. The molecule has 2 aliphatic rings. The van der Waals surface area contributed by atoms with E-state index in [1.165, 1.54) is 0 Å². The summed E-state index contributed by atoms with van der Waals surface area (Å²) in [7, 11) is -3.21. The zero-order chi connectivity index (χ0) is 19.4. The maximum absolute atomic E-state index is 12.8. The average molecular weight is 395 g/mol. The lowest BCUT2D eigenvalue weighted by atomic mass is 9.82. The van der Waals surface area contributed by atoms with Gasteiger partial charge in [-0.2, -0.15) is 0 Å². The molecule has 27 heavy (non-hydrogen) atoms. The van der Waals surface area contributed by atoms with E-state index in [4.69, 9.17) is 4.74 Å². The van der Waals surface area contributed by atoms with E-state index in [2.05, 4.69) is 10.3 Å². The molecule has 0 aromatic carbocycles. The van der Waals surface area contributed by atoms with Gasteiger partial charge in [0.2, 0.25) is 11.8 Å². The standard InChI is InChI=1S/C18H25N3O5S/c1-27(24,25)9-6-17(22)21-11-15(14-5-8-26-16(14)12-21)18(23)20-10-13-4-2-3-7-19-13/h2-4,7,14-16H,5-6,8-12H2,1H3,(H,20,23)/t14-,15+,16+/m0/s1. The van der Waals surface area contributed by atoms with Crippen LogP contribution in [-0.2, 0) is 30.7 Å².